The van der Waals surface area contributed by atoms with E-state index in [1.165, 1.54) is 23.0 Å². The Labute approximate surface area is 188 Å². The number of benzene rings is 2. The van der Waals surface area contributed by atoms with Crippen LogP contribution in [0, 0.1) is 5.82 Å². The topological polar surface area (TPSA) is 78.5 Å². The number of carbonyl (C=O) groups is 1. The number of hydrogen-bond acceptors (Lipinski definition) is 5. The number of rotatable bonds is 8. The van der Waals surface area contributed by atoms with Crippen LogP contribution in [0.5, 0.6) is 11.5 Å². The summed E-state index contributed by atoms with van der Waals surface area (Å²) >= 11 is 6.18. The summed E-state index contributed by atoms with van der Waals surface area (Å²) in [7, 11) is 1.59. The molecule has 164 valence electrons. The molecule has 0 aliphatic rings. The highest BCUT2D eigenvalue weighted by atomic mass is 35.5. The molecule has 0 aliphatic carbocycles. The minimum Gasteiger partial charge on any atom is -0.497 e. The lowest BCUT2D eigenvalue weighted by Crippen LogP contribution is -2.12. The summed E-state index contributed by atoms with van der Waals surface area (Å²) in [4.78, 5) is 12.5. The fourth-order valence-electron chi connectivity index (χ4n) is 2.94. The third kappa shape index (κ3) is 5.09. The number of anilines is 1. The lowest BCUT2D eigenvalue weighted by molar-refractivity contribution is 0.0992. The molecule has 32 heavy (non-hydrogen) atoms. The van der Waals surface area contributed by atoms with Gasteiger partial charge in [0.15, 0.2) is 11.6 Å². The van der Waals surface area contributed by atoms with Gasteiger partial charge in [0, 0.05) is 11.8 Å². The second-order valence-corrected chi connectivity index (χ2v) is 7.21. The summed E-state index contributed by atoms with van der Waals surface area (Å²) < 4.78 is 31.6. The first-order valence-corrected chi connectivity index (χ1v) is 10.0. The SMILES string of the molecule is COc1ccc(OCc2ccc(C(=O)Nc3nn(Cc4ccccc4F)cc3Cl)o2)cc1. The standard InChI is InChI=1S/C23H19ClFN3O4/c1-30-16-6-8-17(9-7-16)31-14-18-10-11-21(32-18)23(29)26-22-19(24)13-28(27-22)12-15-4-2-3-5-20(15)25/h2-11,13H,12,14H2,1H3,(H,26,27,29). The summed E-state index contributed by atoms with van der Waals surface area (Å²) in [5.41, 5.74) is 0.456. The number of carbonyl (C=O) groups excluding carboxylic acids is 1. The van der Waals surface area contributed by atoms with E-state index in [-0.39, 0.29) is 35.6 Å². The molecule has 1 amide bonds. The molecular weight excluding hydrogens is 437 g/mol. The number of amides is 1. The number of nitrogens with one attached hydrogen (secondary N) is 1. The molecule has 0 saturated heterocycles. The van der Waals surface area contributed by atoms with Gasteiger partial charge in [0.2, 0.25) is 0 Å². The van der Waals surface area contributed by atoms with Crippen molar-refractivity contribution in [2.24, 2.45) is 0 Å². The normalized spacial score (nSPS) is 10.7. The number of ether oxygens (including phenoxy) is 2. The molecule has 0 fully saturated rings. The van der Waals surface area contributed by atoms with E-state index in [1.54, 1.807) is 55.6 Å². The fourth-order valence-corrected chi connectivity index (χ4v) is 3.13. The van der Waals surface area contributed by atoms with Crippen LogP contribution in [0.3, 0.4) is 0 Å². The van der Waals surface area contributed by atoms with Gasteiger partial charge >= 0.3 is 0 Å². The molecule has 0 saturated carbocycles. The second-order valence-electron chi connectivity index (χ2n) is 6.80. The van der Waals surface area contributed by atoms with Crippen molar-refractivity contribution >= 4 is 23.3 Å². The van der Waals surface area contributed by atoms with E-state index in [1.807, 2.05) is 0 Å². The van der Waals surface area contributed by atoms with Crippen molar-refractivity contribution in [2.45, 2.75) is 13.2 Å². The molecule has 7 nitrogen and oxygen atoms in total. The van der Waals surface area contributed by atoms with E-state index in [0.717, 1.165) is 5.75 Å². The maximum Gasteiger partial charge on any atom is 0.292 e. The predicted molar refractivity (Wildman–Crippen MR) is 117 cm³/mol. The summed E-state index contributed by atoms with van der Waals surface area (Å²) in [5.74, 6) is 1.22. The van der Waals surface area contributed by atoms with E-state index in [4.69, 9.17) is 25.5 Å². The van der Waals surface area contributed by atoms with Gasteiger partial charge in [0.1, 0.15) is 34.7 Å². The van der Waals surface area contributed by atoms with Gasteiger partial charge in [0.25, 0.3) is 5.91 Å². The predicted octanol–water partition coefficient (Wildman–Crippen LogP) is 5.16. The molecule has 4 aromatic rings. The molecule has 0 bridgehead atoms. The Balaban J connectivity index is 1.36. The van der Waals surface area contributed by atoms with Crippen LogP contribution in [0.4, 0.5) is 10.2 Å². The van der Waals surface area contributed by atoms with Crippen molar-refractivity contribution in [3.63, 3.8) is 0 Å². The van der Waals surface area contributed by atoms with Gasteiger partial charge in [-0.2, -0.15) is 5.10 Å². The molecule has 4 rings (SSSR count). The van der Waals surface area contributed by atoms with E-state index in [9.17, 15) is 9.18 Å². The third-order valence-corrected chi connectivity index (χ3v) is 4.84. The van der Waals surface area contributed by atoms with Crippen LogP contribution in [-0.2, 0) is 13.2 Å². The van der Waals surface area contributed by atoms with Crippen molar-refractivity contribution in [1.29, 1.82) is 0 Å². The van der Waals surface area contributed by atoms with Gasteiger partial charge in [0.05, 0.1) is 13.7 Å². The lowest BCUT2D eigenvalue weighted by atomic mass is 10.2. The van der Waals surface area contributed by atoms with Crippen molar-refractivity contribution in [3.8, 4) is 11.5 Å². The number of aromatic nitrogens is 2. The van der Waals surface area contributed by atoms with E-state index in [2.05, 4.69) is 10.4 Å². The van der Waals surface area contributed by atoms with Gasteiger partial charge in [-0.05, 0) is 42.5 Å². The summed E-state index contributed by atoms with van der Waals surface area (Å²) in [6.07, 6.45) is 1.51. The maximum atomic E-state index is 13.8. The average Bonchev–Trinajstić information content (AvgIpc) is 3.41. The summed E-state index contributed by atoms with van der Waals surface area (Å²) in [6, 6.07) is 16.7. The smallest absolute Gasteiger partial charge is 0.292 e. The van der Waals surface area contributed by atoms with Gasteiger partial charge in [-0.1, -0.05) is 29.8 Å². The van der Waals surface area contributed by atoms with E-state index in [0.29, 0.717) is 17.1 Å². The van der Waals surface area contributed by atoms with Crippen LogP contribution < -0.4 is 14.8 Å². The summed E-state index contributed by atoms with van der Waals surface area (Å²) in [6.45, 7) is 0.327. The number of halogens is 2. The van der Waals surface area contributed by atoms with Crippen LogP contribution in [0.25, 0.3) is 0 Å². The van der Waals surface area contributed by atoms with E-state index >= 15 is 0 Å². The second kappa shape index (κ2) is 9.57. The average molecular weight is 456 g/mol. The van der Waals surface area contributed by atoms with Crippen LogP contribution in [0.15, 0.2) is 71.3 Å². The molecule has 0 unspecified atom stereocenters. The molecule has 2 heterocycles. The van der Waals surface area contributed by atoms with Gasteiger partial charge < -0.3 is 19.2 Å². The number of hydrogen-bond donors (Lipinski definition) is 1. The lowest BCUT2D eigenvalue weighted by Gasteiger charge is -2.05. The Kier molecular flexibility index (Phi) is 6.42. The maximum absolute atomic E-state index is 13.8. The molecule has 0 atom stereocenters. The number of furan rings is 1. The molecule has 1 N–H and O–H groups in total. The Morgan fingerprint density at radius 3 is 2.62 bits per heavy atom. The van der Waals surface area contributed by atoms with Crippen molar-refractivity contribution in [2.75, 3.05) is 12.4 Å². The van der Waals surface area contributed by atoms with Crippen molar-refractivity contribution < 1.29 is 23.1 Å². The van der Waals surface area contributed by atoms with Crippen LogP contribution in [-0.4, -0.2) is 22.8 Å². The fraction of sp³-hybridized carbons (Fsp3) is 0.130. The largest absolute Gasteiger partial charge is 0.497 e. The van der Waals surface area contributed by atoms with Crippen LogP contribution in [0.1, 0.15) is 21.9 Å². The van der Waals surface area contributed by atoms with Crippen LogP contribution >= 0.6 is 11.6 Å². The summed E-state index contributed by atoms with van der Waals surface area (Å²) in [5, 5.41) is 7.05. The first kappa shape index (κ1) is 21.5. The monoisotopic (exact) mass is 455 g/mol. The van der Waals surface area contributed by atoms with Gasteiger partial charge in [-0.25, -0.2) is 4.39 Å². The quantitative estimate of drug-likeness (QED) is 0.397. The van der Waals surface area contributed by atoms with Gasteiger partial charge in [-0.15, -0.1) is 0 Å². The molecule has 2 aromatic carbocycles. The van der Waals surface area contributed by atoms with Gasteiger partial charge in [-0.3, -0.25) is 9.48 Å². The highest BCUT2D eigenvalue weighted by Gasteiger charge is 2.16. The third-order valence-electron chi connectivity index (χ3n) is 4.57. The highest BCUT2D eigenvalue weighted by molar-refractivity contribution is 6.33. The molecule has 2 aromatic heterocycles. The minimum absolute atomic E-state index is 0.0815. The number of methoxy groups -OCH3 is 1. The Morgan fingerprint density at radius 1 is 1.12 bits per heavy atom. The van der Waals surface area contributed by atoms with Crippen molar-refractivity contribution in [3.05, 3.63) is 94.8 Å². The molecular formula is C23H19ClFN3O4. The Hall–Kier alpha value is -3.78. The highest BCUT2D eigenvalue weighted by Crippen LogP contribution is 2.22. The van der Waals surface area contributed by atoms with E-state index < -0.39 is 5.91 Å². The zero-order valence-corrected chi connectivity index (χ0v) is 17.8. The molecule has 0 aliphatic heterocycles. The molecule has 0 radical (unpaired) electrons. The molecule has 0 spiro atoms. The Morgan fingerprint density at radius 2 is 1.88 bits per heavy atom. The first-order chi connectivity index (χ1) is 15.5. The zero-order valence-electron chi connectivity index (χ0n) is 17.0. The Bertz CT molecular complexity index is 1220. The van der Waals surface area contributed by atoms with Crippen LogP contribution in [0.2, 0.25) is 5.02 Å². The zero-order chi connectivity index (χ0) is 22.5. The van der Waals surface area contributed by atoms with Crippen molar-refractivity contribution in [1.82, 2.24) is 9.78 Å². The number of nitrogens with zero attached hydrogens (tertiary/aromatic N) is 2. The molecule has 9 heteroatoms. The minimum atomic E-state index is -0.515. The first-order valence-electron chi connectivity index (χ1n) is 9.65.